The summed E-state index contributed by atoms with van der Waals surface area (Å²) >= 11 is 0. The van der Waals surface area contributed by atoms with Gasteiger partial charge in [0.25, 0.3) is 0 Å². The van der Waals surface area contributed by atoms with Crippen molar-refractivity contribution in [2.45, 2.75) is 26.8 Å². The minimum Gasteiger partial charge on any atom is -0.369 e. The molecule has 3 aromatic rings. The summed E-state index contributed by atoms with van der Waals surface area (Å²) in [6.07, 6.45) is 0. The molecule has 0 radical (unpaired) electrons. The quantitative estimate of drug-likeness (QED) is 0.414. The summed E-state index contributed by atoms with van der Waals surface area (Å²) in [6, 6.07) is 17.8. The summed E-state index contributed by atoms with van der Waals surface area (Å²) in [4.78, 5) is 4.86. The summed E-state index contributed by atoms with van der Waals surface area (Å²) in [5, 5.41) is 0. The number of aryl methyl sites for hydroxylation is 1. The fourth-order valence-corrected chi connectivity index (χ4v) is 4.41. The van der Waals surface area contributed by atoms with E-state index in [1.165, 1.54) is 46.6 Å². The summed E-state index contributed by atoms with van der Waals surface area (Å²) in [5.41, 5.74) is 7.38. The van der Waals surface area contributed by atoms with Crippen molar-refractivity contribution in [2.75, 3.05) is 31.1 Å². The van der Waals surface area contributed by atoms with Crippen molar-refractivity contribution in [3.8, 4) is 0 Å². The molecule has 1 aliphatic heterocycles. The molecule has 32 heavy (non-hydrogen) atoms. The third kappa shape index (κ3) is 5.43. The number of anilines is 1. The molecule has 0 aromatic heterocycles. The molecule has 0 atom stereocenters. The molecule has 0 spiro atoms. The van der Waals surface area contributed by atoms with E-state index in [2.05, 4.69) is 42.7 Å². The van der Waals surface area contributed by atoms with Gasteiger partial charge in [0.1, 0.15) is 11.6 Å². The summed E-state index contributed by atoms with van der Waals surface area (Å²) in [6.45, 7) is 10.1. The van der Waals surface area contributed by atoms with E-state index >= 15 is 0 Å². The van der Waals surface area contributed by atoms with E-state index in [0.29, 0.717) is 0 Å². The Morgan fingerprint density at radius 1 is 0.625 bits per heavy atom. The first-order valence-electron chi connectivity index (χ1n) is 10.5. The van der Waals surface area contributed by atoms with Gasteiger partial charge in [-0.25, -0.2) is 8.78 Å². The normalized spacial score (nSPS) is 14.1. The van der Waals surface area contributed by atoms with Crippen molar-refractivity contribution in [1.29, 1.82) is 0 Å². The van der Waals surface area contributed by atoms with Crippen molar-refractivity contribution in [3.05, 3.63) is 100 Å². The molecule has 1 fully saturated rings. The molecule has 0 aliphatic carbocycles. The second-order valence-electron chi connectivity index (χ2n) is 8.18. The molecule has 0 N–H and O–H groups in total. The van der Waals surface area contributed by atoms with Gasteiger partial charge in [0.05, 0.1) is 6.04 Å². The number of rotatable bonds is 4. The molecule has 0 saturated carbocycles. The molecule has 3 aromatic carbocycles. The number of halogens is 4. The van der Waals surface area contributed by atoms with Crippen molar-refractivity contribution in [1.82, 2.24) is 4.90 Å². The Labute approximate surface area is 202 Å². The van der Waals surface area contributed by atoms with Gasteiger partial charge in [-0.1, -0.05) is 30.3 Å². The fourth-order valence-electron chi connectivity index (χ4n) is 4.41. The van der Waals surface area contributed by atoms with E-state index in [-0.39, 0.29) is 42.5 Å². The third-order valence-electron chi connectivity index (χ3n) is 6.42. The number of hydrogen-bond donors (Lipinski definition) is 0. The van der Waals surface area contributed by atoms with Gasteiger partial charge in [0.2, 0.25) is 0 Å². The average molecular weight is 479 g/mol. The van der Waals surface area contributed by atoms with Gasteiger partial charge >= 0.3 is 0 Å². The van der Waals surface area contributed by atoms with Crippen molar-refractivity contribution < 1.29 is 8.78 Å². The lowest BCUT2D eigenvalue weighted by Gasteiger charge is -2.41. The standard InChI is InChI=1S/C26H28F2N2.2ClH/c1-18-4-13-25(20(3)19(18)2)29-14-16-30(17-15-29)26(21-5-9-23(27)10-6-21)22-7-11-24(28)12-8-22;;/h4-13,26H,14-17H2,1-3H3;2*1H. The van der Waals surface area contributed by atoms with Crippen LogP contribution in [0.15, 0.2) is 60.7 Å². The van der Waals surface area contributed by atoms with Crippen LogP contribution in [0.4, 0.5) is 14.5 Å². The average Bonchev–Trinajstić information content (AvgIpc) is 2.76. The maximum absolute atomic E-state index is 13.5. The molecule has 0 unspecified atom stereocenters. The zero-order valence-corrected chi connectivity index (χ0v) is 20.3. The third-order valence-corrected chi connectivity index (χ3v) is 6.42. The van der Waals surface area contributed by atoms with Crippen LogP contribution >= 0.6 is 24.8 Å². The predicted molar refractivity (Wildman–Crippen MR) is 134 cm³/mol. The minimum absolute atomic E-state index is 0. The highest BCUT2D eigenvalue weighted by atomic mass is 35.5. The van der Waals surface area contributed by atoms with E-state index in [9.17, 15) is 8.78 Å². The monoisotopic (exact) mass is 478 g/mol. The van der Waals surface area contributed by atoms with Crippen LogP contribution in [-0.4, -0.2) is 31.1 Å². The molecular formula is C26H30Cl2F2N2. The van der Waals surface area contributed by atoms with Gasteiger partial charge in [-0.05, 0) is 78.9 Å². The van der Waals surface area contributed by atoms with Gasteiger partial charge in [0, 0.05) is 31.9 Å². The van der Waals surface area contributed by atoms with Gasteiger partial charge in [-0.2, -0.15) is 0 Å². The van der Waals surface area contributed by atoms with Crippen LogP contribution in [0.1, 0.15) is 33.9 Å². The molecule has 1 heterocycles. The van der Waals surface area contributed by atoms with Crippen LogP contribution < -0.4 is 4.90 Å². The Hall–Kier alpha value is -2.14. The van der Waals surface area contributed by atoms with Crippen molar-refractivity contribution in [3.63, 3.8) is 0 Å². The van der Waals surface area contributed by atoms with Gasteiger partial charge < -0.3 is 4.90 Å². The summed E-state index contributed by atoms with van der Waals surface area (Å²) in [5.74, 6) is -0.488. The fraction of sp³-hybridized carbons (Fsp3) is 0.308. The second kappa shape index (κ2) is 11.1. The molecule has 1 aliphatic rings. The maximum atomic E-state index is 13.5. The Morgan fingerprint density at radius 2 is 1.09 bits per heavy atom. The first-order valence-corrected chi connectivity index (χ1v) is 10.5. The van der Waals surface area contributed by atoms with Gasteiger partial charge in [0.15, 0.2) is 0 Å². The second-order valence-corrected chi connectivity index (χ2v) is 8.18. The first-order chi connectivity index (χ1) is 14.4. The molecule has 6 heteroatoms. The van der Waals surface area contributed by atoms with Gasteiger partial charge in [-0.15, -0.1) is 24.8 Å². The van der Waals surface area contributed by atoms with Crippen LogP contribution in [0.2, 0.25) is 0 Å². The lowest BCUT2D eigenvalue weighted by Crippen LogP contribution is -2.48. The Morgan fingerprint density at radius 3 is 1.56 bits per heavy atom. The van der Waals surface area contributed by atoms with E-state index in [1.54, 1.807) is 0 Å². The van der Waals surface area contributed by atoms with Crippen LogP contribution in [0.25, 0.3) is 0 Å². The van der Waals surface area contributed by atoms with Crippen molar-refractivity contribution >= 4 is 30.5 Å². The lowest BCUT2D eigenvalue weighted by molar-refractivity contribution is 0.212. The number of nitrogens with zero attached hydrogens (tertiary/aromatic N) is 2. The number of benzene rings is 3. The number of piperazine rings is 1. The Balaban J connectivity index is 0.00000181. The van der Waals surface area contributed by atoms with E-state index in [1.807, 2.05) is 24.3 Å². The zero-order chi connectivity index (χ0) is 21.3. The van der Waals surface area contributed by atoms with Crippen molar-refractivity contribution in [2.24, 2.45) is 0 Å². The van der Waals surface area contributed by atoms with Crippen LogP contribution in [0.3, 0.4) is 0 Å². The number of hydrogen-bond acceptors (Lipinski definition) is 2. The highest BCUT2D eigenvalue weighted by Gasteiger charge is 2.27. The van der Waals surface area contributed by atoms with Crippen LogP contribution in [0, 0.1) is 32.4 Å². The largest absolute Gasteiger partial charge is 0.369 e. The Kier molecular flexibility index (Phi) is 9.08. The van der Waals surface area contributed by atoms with E-state index in [4.69, 9.17) is 0 Å². The summed E-state index contributed by atoms with van der Waals surface area (Å²) in [7, 11) is 0. The SMILES string of the molecule is Cc1ccc(N2CCN(C(c3ccc(F)cc3)c3ccc(F)cc3)CC2)c(C)c1C.Cl.Cl. The molecule has 2 nitrogen and oxygen atoms in total. The van der Waals surface area contributed by atoms with Crippen LogP contribution in [-0.2, 0) is 0 Å². The predicted octanol–water partition coefficient (Wildman–Crippen LogP) is 6.65. The lowest BCUT2D eigenvalue weighted by atomic mass is 9.96. The molecule has 0 amide bonds. The topological polar surface area (TPSA) is 6.48 Å². The van der Waals surface area contributed by atoms with Crippen LogP contribution in [0.5, 0.6) is 0 Å². The smallest absolute Gasteiger partial charge is 0.123 e. The highest BCUT2D eigenvalue weighted by Crippen LogP contribution is 2.32. The Bertz CT molecular complexity index is 970. The maximum Gasteiger partial charge on any atom is 0.123 e. The minimum atomic E-state index is -0.244. The van der Waals surface area contributed by atoms with E-state index in [0.717, 1.165) is 37.3 Å². The zero-order valence-electron chi connectivity index (χ0n) is 18.6. The molecule has 0 bridgehead atoms. The molecule has 1 saturated heterocycles. The first kappa shape index (κ1) is 26.1. The molecule has 172 valence electrons. The highest BCUT2D eigenvalue weighted by molar-refractivity contribution is 5.85. The molecule has 4 rings (SSSR count). The molecular weight excluding hydrogens is 449 g/mol. The van der Waals surface area contributed by atoms with Gasteiger partial charge in [-0.3, -0.25) is 4.90 Å². The van der Waals surface area contributed by atoms with E-state index < -0.39 is 0 Å². The summed E-state index contributed by atoms with van der Waals surface area (Å²) < 4.78 is 27.0.